The Morgan fingerprint density at radius 2 is 2.17 bits per heavy atom. The van der Waals surface area contributed by atoms with Crippen LogP contribution < -0.4 is 10.6 Å². The molecule has 0 bridgehead atoms. The van der Waals surface area contributed by atoms with Gasteiger partial charge in [-0.1, -0.05) is 0 Å². The van der Waals surface area contributed by atoms with Crippen LogP contribution in [0.5, 0.6) is 0 Å². The number of rotatable bonds is 2. The van der Waals surface area contributed by atoms with Crippen LogP contribution in [-0.2, 0) is 4.79 Å². The van der Waals surface area contributed by atoms with Gasteiger partial charge < -0.3 is 10.6 Å². The molecule has 1 aliphatic carbocycles. The summed E-state index contributed by atoms with van der Waals surface area (Å²) in [5.41, 5.74) is 0.262. The first-order valence-electron chi connectivity index (χ1n) is 6.19. The van der Waals surface area contributed by atoms with E-state index in [2.05, 4.69) is 36.5 Å². The van der Waals surface area contributed by atoms with Crippen molar-refractivity contribution in [3.8, 4) is 0 Å². The summed E-state index contributed by atoms with van der Waals surface area (Å²) in [6.45, 7) is 2.06. The number of aromatic nitrogens is 2. The Morgan fingerprint density at radius 3 is 2.83 bits per heavy atom. The molecule has 1 aromatic rings. The summed E-state index contributed by atoms with van der Waals surface area (Å²) in [5, 5.41) is 6.19. The number of nitrogens with zero attached hydrogens (tertiary/aromatic N) is 2. The molecule has 1 aromatic heterocycles. The van der Waals surface area contributed by atoms with Gasteiger partial charge in [-0.15, -0.1) is 0 Å². The van der Waals surface area contributed by atoms with Crippen LogP contribution in [-0.4, -0.2) is 29.0 Å². The number of hydrogen-bond donors (Lipinski definition) is 2. The normalized spacial score (nSPS) is 24.8. The maximum Gasteiger partial charge on any atom is 0.229 e. The second-order valence-electron chi connectivity index (χ2n) is 5.08. The molecule has 1 saturated heterocycles. The minimum absolute atomic E-state index is 0.0912. The highest BCUT2D eigenvalue weighted by Crippen LogP contribution is 2.58. The molecular formula is C12H15BrN4O. The van der Waals surface area contributed by atoms with Crippen LogP contribution >= 0.6 is 15.9 Å². The van der Waals surface area contributed by atoms with Crippen molar-refractivity contribution >= 4 is 27.7 Å². The molecule has 1 aliphatic heterocycles. The summed E-state index contributed by atoms with van der Waals surface area (Å²) >= 11 is 3.22. The lowest BCUT2D eigenvalue weighted by Gasteiger charge is -2.23. The van der Waals surface area contributed by atoms with E-state index in [1.165, 1.54) is 0 Å². The zero-order valence-corrected chi connectivity index (χ0v) is 11.5. The van der Waals surface area contributed by atoms with Gasteiger partial charge in [-0.2, -0.15) is 0 Å². The molecule has 0 radical (unpaired) electrons. The predicted molar refractivity (Wildman–Crippen MR) is 71.0 cm³/mol. The fourth-order valence-electron chi connectivity index (χ4n) is 2.79. The van der Waals surface area contributed by atoms with Gasteiger partial charge in [-0.25, -0.2) is 9.97 Å². The SMILES string of the molecule is O=C(Nc1cnc(Br)cn1)C1CC12CCNCC2. The third kappa shape index (κ3) is 2.27. The Balaban J connectivity index is 1.61. The molecule has 1 amide bonds. The number of hydrogen-bond acceptors (Lipinski definition) is 4. The van der Waals surface area contributed by atoms with Gasteiger partial charge >= 0.3 is 0 Å². The molecule has 2 heterocycles. The largest absolute Gasteiger partial charge is 0.317 e. The first-order valence-corrected chi connectivity index (χ1v) is 6.98. The third-order valence-corrected chi connectivity index (χ3v) is 4.39. The van der Waals surface area contributed by atoms with E-state index in [4.69, 9.17) is 0 Å². The molecule has 1 atom stereocenters. The highest BCUT2D eigenvalue weighted by Gasteiger charge is 2.57. The van der Waals surface area contributed by atoms with Crippen LogP contribution in [0, 0.1) is 11.3 Å². The quantitative estimate of drug-likeness (QED) is 0.870. The Kier molecular flexibility index (Phi) is 3.07. The molecule has 5 nitrogen and oxygen atoms in total. The minimum Gasteiger partial charge on any atom is -0.317 e. The molecule has 0 aromatic carbocycles. The second kappa shape index (κ2) is 4.59. The molecule has 3 rings (SSSR count). The summed E-state index contributed by atoms with van der Waals surface area (Å²) in [4.78, 5) is 20.3. The third-order valence-electron chi connectivity index (χ3n) is 3.98. The fraction of sp³-hybridized carbons (Fsp3) is 0.583. The molecule has 1 spiro atoms. The van der Waals surface area contributed by atoms with E-state index in [1.807, 2.05) is 0 Å². The summed E-state index contributed by atoms with van der Waals surface area (Å²) in [6.07, 6.45) is 6.39. The molecule has 2 fully saturated rings. The van der Waals surface area contributed by atoms with Crippen LogP contribution in [0.25, 0.3) is 0 Å². The summed E-state index contributed by atoms with van der Waals surface area (Å²) in [7, 11) is 0. The zero-order valence-electron chi connectivity index (χ0n) is 9.95. The molecule has 96 valence electrons. The van der Waals surface area contributed by atoms with Crippen LogP contribution in [0.4, 0.5) is 5.82 Å². The van der Waals surface area contributed by atoms with Crippen LogP contribution in [0.3, 0.4) is 0 Å². The summed E-state index contributed by atoms with van der Waals surface area (Å²) in [6, 6.07) is 0. The van der Waals surface area contributed by atoms with Gasteiger partial charge in [0.2, 0.25) is 5.91 Å². The number of carbonyl (C=O) groups is 1. The van der Waals surface area contributed by atoms with Crippen molar-refractivity contribution in [3.63, 3.8) is 0 Å². The van der Waals surface area contributed by atoms with E-state index in [0.717, 1.165) is 32.4 Å². The summed E-state index contributed by atoms with van der Waals surface area (Å²) in [5.74, 6) is 0.776. The molecule has 1 unspecified atom stereocenters. The number of nitrogens with one attached hydrogen (secondary N) is 2. The maximum atomic E-state index is 12.1. The molecule has 18 heavy (non-hydrogen) atoms. The number of piperidine rings is 1. The van der Waals surface area contributed by atoms with Gasteiger partial charge in [0.1, 0.15) is 4.60 Å². The zero-order chi connectivity index (χ0) is 12.6. The van der Waals surface area contributed by atoms with Gasteiger partial charge in [0.05, 0.1) is 12.4 Å². The van der Waals surface area contributed by atoms with Gasteiger partial charge in [0, 0.05) is 5.92 Å². The van der Waals surface area contributed by atoms with E-state index in [1.54, 1.807) is 12.4 Å². The fourth-order valence-corrected chi connectivity index (χ4v) is 2.99. The number of anilines is 1. The van der Waals surface area contributed by atoms with Crippen LogP contribution in [0.2, 0.25) is 0 Å². The van der Waals surface area contributed by atoms with Crippen molar-refractivity contribution < 1.29 is 4.79 Å². The Labute approximate surface area is 114 Å². The molecule has 2 N–H and O–H groups in total. The van der Waals surface area contributed by atoms with E-state index in [-0.39, 0.29) is 17.2 Å². The van der Waals surface area contributed by atoms with Crippen molar-refractivity contribution in [2.24, 2.45) is 11.3 Å². The first-order chi connectivity index (χ1) is 8.70. The van der Waals surface area contributed by atoms with Gasteiger partial charge in [-0.3, -0.25) is 4.79 Å². The van der Waals surface area contributed by atoms with Crippen molar-refractivity contribution in [3.05, 3.63) is 17.0 Å². The van der Waals surface area contributed by atoms with Gasteiger partial charge in [-0.05, 0) is 53.7 Å². The maximum absolute atomic E-state index is 12.1. The van der Waals surface area contributed by atoms with Crippen molar-refractivity contribution in [2.75, 3.05) is 18.4 Å². The lowest BCUT2D eigenvalue weighted by Crippen LogP contribution is -2.31. The average molecular weight is 311 g/mol. The second-order valence-corrected chi connectivity index (χ2v) is 5.90. The standard InChI is InChI=1S/C12H15BrN4O/c13-9-6-16-10(7-15-9)17-11(18)8-5-12(8)1-3-14-4-2-12/h6-8,14H,1-5H2,(H,16,17,18). The number of halogens is 1. The van der Waals surface area contributed by atoms with E-state index in [9.17, 15) is 4.79 Å². The first kappa shape index (κ1) is 12.0. The highest BCUT2D eigenvalue weighted by atomic mass is 79.9. The van der Waals surface area contributed by atoms with Gasteiger partial charge in [0.25, 0.3) is 0 Å². The van der Waals surface area contributed by atoms with E-state index in [0.29, 0.717) is 10.4 Å². The lowest BCUT2D eigenvalue weighted by molar-refractivity contribution is -0.118. The van der Waals surface area contributed by atoms with Gasteiger partial charge in [0.15, 0.2) is 5.82 Å². The monoisotopic (exact) mass is 310 g/mol. The summed E-state index contributed by atoms with van der Waals surface area (Å²) < 4.78 is 0.668. The van der Waals surface area contributed by atoms with Crippen LogP contribution in [0.1, 0.15) is 19.3 Å². The minimum atomic E-state index is 0.0912. The Morgan fingerprint density at radius 1 is 1.39 bits per heavy atom. The Bertz CT molecular complexity index is 456. The van der Waals surface area contributed by atoms with E-state index >= 15 is 0 Å². The van der Waals surface area contributed by atoms with Crippen molar-refractivity contribution in [1.29, 1.82) is 0 Å². The Hall–Kier alpha value is -1.01. The highest BCUT2D eigenvalue weighted by molar-refractivity contribution is 9.10. The average Bonchev–Trinajstić information content (AvgIpc) is 3.07. The van der Waals surface area contributed by atoms with Crippen molar-refractivity contribution in [1.82, 2.24) is 15.3 Å². The predicted octanol–water partition coefficient (Wildman–Crippen LogP) is 1.57. The topological polar surface area (TPSA) is 66.9 Å². The molecule has 1 saturated carbocycles. The number of carbonyl (C=O) groups excluding carboxylic acids is 1. The van der Waals surface area contributed by atoms with Crippen LogP contribution in [0.15, 0.2) is 17.0 Å². The molecular weight excluding hydrogens is 296 g/mol. The van der Waals surface area contributed by atoms with E-state index < -0.39 is 0 Å². The molecule has 2 aliphatic rings. The lowest BCUT2D eigenvalue weighted by atomic mass is 9.92. The molecule has 6 heteroatoms. The van der Waals surface area contributed by atoms with Crippen molar-refractivity contribution in [2.45, 2.75) is 19.3 Å². The number of amides is 1. The smallest absolute Gasteiger partial charge is 0.229 e.